The summed E-state index contributed by atoms with van der Waals surface area (Å²) in [5.74, 6) is 0.685. The first kappa shape index (κ1) is 27.0. The molecule has 4 aromatic rings. The van der Waals surface area contributed by atoms with Crippen molar-refractivity contribution < 1.29 is 14.3 Å². The Labute approximate surface area is 238 Å². The summed E-state index contributed by atoms with van der Waals surface area (Å²) < 4.78 is 12.5. The number of hydrazone groups is 1. The molecular weight excluding hydrogens is 599 g/mol. The lowest BCUT2D eigenvalue weighted by molar-refractivity contribution is 0.0950. The Morgan fingerprint density at radius 3 is 2.32 bits per heavy atom. The fourth-order valence-electron chi connectivity index (χ4n) is 3.26. The van der Waals surface area contributed by atoms with Gasteiger partial charge in [0, 0.05) is 20.6 Å². The number of hydrogen-bond acceptors (Lipinski definition) is 4. The molecule has 0 aliphatic carbocycles. The van der Waals surface area contributed by atoms with Crippen LogP contribution in [0.2, 0.25) is 15.1 Å². The van der Waals surface area contributed by atoms with Gasteiger partial charge in [-0.25, -0.2) is 5.43 Å². The number of halogens is 4. The maximum Gasteiger partial charge on any atom is 0.275 e. The summed E-state index contributed by atoms with van der Waals surface area (Å²) in [7, 11) is 0. The molecule has 1 N–H and O–H groups in total. The number of nitrogens with zero attached hydrogens (tertiary/aromatic N) is 1. The van der Waals surface area contributed by atoms with Crippen LogP contribution in [0.15, 0.2) is 94.5 Å². The van der Waals surface area contributed by atoms with Gasteiger partial charge in [0.1, 0.15) is 24.7 Å². The summed E-state index contributed by atoms with van der Waals surface area (Å²) in [6.45, 7) is 0.592. The van der Waals surface area contributed by atoms with E-state index in [1.807, 2.05) is 42.5 Å². The average Bonchev–Trinajstić information content (AvgIpc) is 2.89. The largest absolute Gasteiger partial charge is 0.488 e. The summed E-state index contributed by atoms with van der Waals surface area (Å²) in [6, 6.07) is 25.0. The van der Waals surface area contributed by atoms with E-state index in [4.69, 9.17) is 44.3 Å². The SMILES string of the molecule is O=C(N/N=C/c1ccc(OCc2ccc(Cl)cc2)c(Br)c1)c1ccccc1OCc1ccc(Cl)cc1Cl. The first-order chi connectivity index (χ1) is 17.9. The highest BCUT2D eigenvalue weighted by atomic mass is 79.9. The first-order valence-corrected chi connectivity index (χ1v) is 13.0. The van der Waals surface area contributed by atoms with Crippen molar-refractivity contribution in [3.63, 3.8) is 0 Å². The number of rotatable bonds is 9. The monoisotopic (exact) mass is 616 g/mol. The maximum absolute atomic E-state index is 12.8. The smallest absolute Gasteiger partial charge is 0.275 e. The van der Waals surface area contributed by atoms with Gasteiger partial charge in [0.05, 0.1) is 16.3 Å². The Bertz CT molecular complexity index is 1430. The van der Waals surface area contributed by atoms with Crippen molar-refractivity contribution in [2.24, 2.45) is 5.10 Å². The predicted octanol–water partition coefficient (Wildman–Crippen LogP) is 8.33. The minimum atomic E-state index is -0.406. The van der Waals surface area contributed by atoms with Crippen LogP contribution in [0, 0.1) is 0 Å². The number of ether oxygens (including phenoxy) is 2. The van der Waals surface area contributed by atoms with Gasteiger partial charge in [-0.3, -0.25) is 4.79 Å². The summed E-state index contributed by atoms with van der Waals surface area (Å²) in [5.41, 5.74) is 5.42. The standard InChI is InChI=1S/C28H20BrCl3N2O3/c29-24-13-19(7-12-27(24)36-16-18-5-9-21(30)10-6-18)15-33-34-28(35)23-3-1-2-4-26(23)37-17-20-8-11-22(31)14-25(20)32/h1-15H,16-17H2,(H,34,35)/b33-15+. The van der Waals surface area contributed by atoms with Gasteiger partial charge in [0.25, 0.3) is 5.91 Å². The zero-order chi connectivity index (χ0) is 26.2. The zero-order valence-corrected chi connectivity index (χ0v) is 23.1. The Morgan fingerprint density at radius 1 is 0.838 bits per heavy atom. The second-order valence-corrected chi connectivity index (χ2v) is 9.96. The molecule has 188 valence electrons. The molecule has 0 aliphatic heterocycles. The molecule has 9 heteroatoms. The number of amides is 1. The number of carbonyl (C=O) groups excluding carboxylic acids is 1. The van der Waals surface area contributed by atoms with E-state index >= 15 is 0 Å². The molecule has 5 nitrogen and oxygen atoms in total. The van der Waals surface area contributed by atoms with E-state index in [1.54, 1.807) is 48.7 Å². The van der Waals surface area contributed by atoms with Gasteiger partial charge in [0.2, 0.25) is 0 Å². The van der Waals surface area contributed by atoms with Crippen molar-refractivity contribution in [3.8, 4) is 11.5 Å². The highest BCUT2D eigenvalue weighted by molar-refractivity contribution is 9.10. The van der Waals surface area contributed by atoms with Crippen LogP contribution >= 0.6 is 50.7 Å². The lowest BCUT2D eigenvalue weighted by atomic mass is 10.2. The van der Waals surface area contributed by atoms with Gasteiger partial charge < -0.3 is 9.47 Å². The van der Waals surface area contributed by atoms with Crippen molar-refractivity contribution in [3.05, 3.63) is 127 Å². The van der Waals surface area contributed by atoms with Crippen molar-refractivity contribution in [2.45, 2.75) is 13.2 Å². The van der Waals surface area contributed by atoms with Gasteiger partial charge in [-0.15, -0.1) is 0 Å². The van der Waals surface area contributed by atoms with Crippen molar-refractivity contribution in [2.75, 3.05) is 0 Å². The molecule has 0 saturated carbocycles. The molecule has 0 aliphatic rings. The molecule has 0 aromatic heterocycles. The predicted molar refractivity (Wildman–Crippen MR) is 152 cm³/mol. The number of hydrogen-bond donors (Lipinski definition) is 1. The third-order valence-corrected chi connectivity index (χ3v) is 6.63. The van der Waals surface area contributed by atoms with Crippen LogP contribution in [0.1, 0.15) is 27.0 Å². The van der Waals surface area contributed by atoms with Crippen molar-refractivity contribution >= 4 is 62.9 Å². The molecule has 0 radical (unpaired) electrons. The Hall–Kier alpha value is -3.03. The molecule has 0 bridgehead atoms. The quantitative estimate of drug-likeness (QED) is 0.152. The maximum atomic E-state index is 12.8. The van der Waals surface area contributed by atoms with Crippen molar-refractivity contribution in [1.29, 1.82) is 0 Å². The minimum absolute atomic E-state index is 0.185. The molecule has 0 saturated heterocycles. The van der Waals surface area contributed by atoms with E-state index in [1.165, 1.54) is 0 Å². The Kier molecular flexibility index (Phi) is 9.47. The van der Waals surface area contributed by atoms with E-state index in [2.05, 4.69) is 26.5 Å². The van der Waals surface area contributed by atoms with E-state index in [9.17, 15) is 4.79 Å². The van der Waals surface area contributed by atoms with E-state index in [0.29, 0.717) is 38.7 Å². The second-order valence-electron chi connectivity index (χ2n) is 7.82. The third kappa shape index (κ3) is 7.73. The van der Waals surface area contributed by atoms with Crippen LogP contribution in [0.3, 0.4) is 0 Å². The van der Waals surface area contributed by atoms with E-state index in [-0.39, 0.29) is 6.61 Å². The lowest BCUT2D eigenvalue weighted by Crippen LogP contribution is -2.18. The molecule has 0 fully saturated rings. The van der Waals surface area contributed by atoms with Crippen LogP contribution in [-0.4, -0.2) is 12.1 Å². The molecule has 0 heterocycles. The average molecular weight is 619 g/mol. The van der Waals surface area contributed by atoms with Gasteiger partial charge in [-0.1, -0.05) is 65.1 Å². The number of nitrogens with one attached hydrogen (secondary N) is 1. The molecule has 4 aromatic carbocycles. The highest BCUT2D eigenvalue weighted by Crippen LogP contribution is 2.27. The summed E-state index contributed by atoms with van der Waals surface area (Å²) >= 11 is 21.6. The highest BCUT2D eigenvalue weighted by Gasteiger charge is 2.12. The molecule has 1 amide bonds. The molecule has 4 rings (SSSR count). The zero-order valence-electron chi connectivity index (χ0n) is 19.3. The van der Waals surface area contributed by atoms with Crippen LogP contribution in [-0.2, 0) is 13.2 Å². The van der Waals surface area contributed by atoms with Crippen LogP contribution in [0.4, 0.5) is 0 Å². The molecule has 0 spiro atoms. The normalized spacial score (nSPS) is 10.9. The lowest BCUT2D eigenvalue weighted by Gasteiger charge is -2.11. The van der Waals surface area contributed by atoms with Crippen molar-refractivity contribution in [1.82, 2.24) is 5.43 Å². The molecule has 0 atom stereocenters. The molecule has 0 unspecified atom stereocenters. The summed E-state index contributed by atoms with van der Waals surface area (Å²) in [6.07, 6.45) is 1.54. The minimum Gasteiger partial charge on any atom is -0.488 e. The molecule has 37 heavy (non-hydrogen) atoms. The Balaban J connectivity index is 1.35. The van der Waals surface area contributed by atoms with Crippen LogP contribution in [0.5, 0.6) is 11.5 Å². The van der Waals surface area contributed by atoms with E-state index < -0.39 is 5.91 Å². The topological polar surface area (TPSA) is 59.9 Å². The number of benzene rings is 4. The van der Waals surface area contributed by atoms with Gasteiger partial charge in [-0.05, 0) is 81.7 Å². The van der Waals surface area contributed by atoms with E-state index in [0.717, 1.165) is 21.2 Å². The Morgan fingerprint density at radius 2 is 1.57 bits per heavy atom. The first-order valence-electron chi connectivity index (χ1n) is 11.0. The summed E-state index contributed by atoms with van der Waals surface area (Å²) in [4.78, 5) is 12.8. The fraction of sp³-hybridized carbons (Fsp3) is 0.0714. The fourth-order valence-corrected chi connectivity index (χ4v) is 4.36. The second kappa shape index (κ2) is 13.0. The van der Waals surface area contributed by atoms with Crippen LogP contribution < -0.4 is 14.9 Å². The van der Waals surface area contributed by atoms with Gasteiger partial charge in [-0.2, -0.15) is 5.10 Å². The number of para-hydroxylation sites is 1. The van der Waals surface area contributed by atoms with Crippen LogP contribution in [0.25, 0.3) is 0 Å². The summed E-state index contributed by atoms with van der Waals surface area (Å²) in [5, 5.41) is 5.80. The third-order valence-electron chi connectivity index (χ3n) is 5.17. The van der Waals surface area contributed by atoms with Gasteiger partial charge in [0.15, 0.2) is 0 Å². The number of carbonyl (C=O) groups is 1. The van der Waals surface area contributed by atoms with Gasteiger partial charge >= 0.3 is 0 Å². The molecular formula is C28H20BrCl3N2O3.